The first kappa shape index (κ1) is 28.6. The molecular formula is C31H27F4N5O3S. The molecule has 44 heavy (non-hydrogen) atoms. The molecule has 0 bridgehead atoms. The minimum absolute atomic E-state index is 0.0269. The van der Waals surface area contributed by atoms with Crippen LogP contribution in [0.3, 0.4) is 0 Å². The zero-order chi connectivity index (χ0) is 30.9. The summed E-state index contributed by atoms with van der Waals surface area (Å²) in [6, 6.07) is 7.25. The smallest absolute Gasteiger partial charge is 0.291 e. The average Bonchev–Trinajstić information content (AvgIpc) is 3.52. The molecule has 0 unspecified atom stereocenters. The number of hydrogen-bond donors (Lipinski definition) is 0. The summed E-state index contributed by atoms with van der Waals surface area (Å²) < 4.78 is 85.5. The van der Waals surface area contributed by atoms with Gasteiger partial charge in [0.1, 0.15) is 16.4 Å². The van der Waals surface area contributed by atoms with E-state index >= 15 is 0 Å². The van der Waals surface area contributed by atoms with Crippen LogP contribution in [0, 0.1) is 17.2 Å². The van der Waals surface area contributed by atoms with Gasteiger partial charge in [0.2, 0.25) is 0 Å². The van der Waals surface area contributed by atoms with Crippen molar-refractivity contribution in [1.82, 2.24) is 24.5 Å². The van der Waals surface area contributed by atoms with E-state index in [1.54, 1.807) is 33.8 Å². The average molecular weight is 626 g/mol. The molecule has 3 aliphatic rings. The molecule has 7 rings (SSSR count). The van der Waals surface area contributed by atoms with Gasteiger partial charge >= 0.3 is 6.18 Å². The summed E-state index contributed by atoms with van der Waals surface area (Å²) in [7, 11) is -3.93. The van der Waals surface area contributed by atoms with Crippen molar-refractivity contribution < 1.29 is 30.8 Å². The molecular weight excluding hydrogens is 598 g/mol. The number of sulfone groups is 1. The van der Waals surface area contributed by atoms with E-state index in [1.807, 2.05) is 0 Å². The molecule has 0 saturated heterocycles. The number of halogens is 4. The highest BCUT2D eigenvalue weighted by Gasteiger charge is 2.52. The summed E-state index contributed by atoms with van der Waals surface area (Å²) >= 11 is 0. The molecule has 1 aromatic carbocycles. The predicted octanol–water partition coefficient (Wildman–Crippen LogP) is 5.87. The summed E-state index contributed by atoms with van der Waals surface area (Å²) in [6.07, 6.45) is 4.92. The van der Waals surface area contributed by atoms with Gasteiger partial charge in [0.15, 0.2) is 15.6 Å². The Morgan fingerprint density at radius 2 is 1.82 bits per heavy atom. The topological polar surface area (TPSA) is 99.7 Å². The Morgan fingerprint density at radius 3 is 2.55 bits per heavy atom. The van der Waals surface area contributed by atoms with Crippen molar-refractivity contribution in [3.8, 4) is 5.69 Å². The van der Waals surface area contributed by atoms with Gasteiger partial charge in [-0.2, -0.15) is 23.4 Å². The van der Waals surface area contributed by atoms with Gasteiger partial charge in [-0.05, 0) is 92.5 Å². The SMILES string of the molecule is O=C(c1cc(C(F)(F)F)ccn1)[C@]12Cc3cnn(-c4ccc(F)cc4)c3C=C1CC[C@H](S(=O)(=O)c1cnn(CC3CC3)c1)C2. The van der Waals surface area contributed by atoms with Gasteiger partial charge in [-0.3, -0.25) is 14.5 Å². The first-order chi connectivity index (χ1) is 20.9. The number of aromatic nitrogens is 5. The van der Waals surface area contributed by atoms with Gasteiger partial charge in [0.25, 0.3) is 0 Å². The molecule has 8 nitrogen and oxygen atoms in total. The van der Waals surface area contributed by atoms with Crippen LogP contribution in [0.4, 0.5) is 17.6 Å². The molecule has 3 aliphatic carbocycles. The van der Waals surface area contributed by atoms with E-state index in [0.29, 0.717) is 35.0 Å². The van der Waals surface area contributed by atoms with Gasteiger partial charge in [0.05, 0.1) is 40.0 Å². The van der Waals surface area contributed by atoms with Crippen LogP contribution in [0.2, 0.25) is 0 Å². The molecule has 13 heteroatoms. The maximum atomic E-state index is 14.3. The standard InChI is InChI=1S/C31H27F4N5O3S/c32-23-4-6-24(7-5-23)40-28-12-21-3-8-25(44(42,43)26-16-37-39(18-26)17-19-1-2-19)14-30(21,13-20(28)15-38-40)29(41)27-11-22(9-10-36-27)31(33,34)35/h4-7,9-12,15-16,18-19,25H,1-3,8,13-14,17H2/t25-,30-/m0/s1. The molecule has 0 amide bonds. The lowest BCUT2D eigenvalue weighted by Gasteiger charge is -2.43. The molecule has 2 saturated carbocycles. The largest absolute Gasteiger partial charge is 0.416 e. The van der Waals surface area contributed by atoms with Crippen molar-refractivity contribution in [2.75, 3.05) is 0 Å². The second kappa shape index (κ2) is 10.2. The number of pyridine rings is 1. The number of carbonyl (C=O) groups is 1. The Labute approximate surface area is 250 Å². The molecule has 0 spiro atoms. The Balaban J connectivity index is 1.30. The van der Waals surface area contributed by atoms with Gasteiger partial charge < -0.3 is 0 Å². The van der Waals surface area contributed by atoms with Crippen LogP contribution in [-0.2, 0) is 29.0 Å². The summed E-state index contributed by atoms with van der Waals surface area (Å²) in [5, 5.41) is 7.73. The number of benzene rings is 1. The van der Waals surface area contributed by atoms with Crippen LogP contribution in [0.5, 0.6) is 0 Å². The Morgan fingerprint density at radius 1 is 1.05 bits per heavy atom. The van der Waals surface area contributed by atoms with E-state index in [1.165, 1.54) is 24.5 Å². The van der Waals surface area contributed by atoms with Crippen LogP contribution in [0.25, 0.3) is 11.8 Å². The number of nitrogens with zero attached hydrogens (tertiary/aromatic N) is 5. The third-order valence-corrected chi connectivity index (χ3v) is 11.1. The second-order valence-electron chi connectivity index (χ2n) is 11.9. The molecule has 4 aromatic rings. The molecule has 0 radical (unpaired) electrons. The fourth-order valence-corrected chi connectivity index (χ4v) is 8.22. The number of Topliss-reactive ketones (excluding diaryl/α,β-unsaturated/α-hetero) is 1. The van der Waals surface area contributed by atoms with Gasteiger partial charge in [-0.15, -0.1) is 0 Å². The number of alkyl halides is 3. The summed E-state index contributed by atoms with van der Waals surface area (Å²) in [5.41, 5.74) is -0.391. The molecule has 2 atom stereocenters. The predicted molar refractivity (Wildman–Crippen MR) is 151 cm³/mol. The summed E-state index contributed by atoms with van der Waals surface area (Å²) in [6.45, 7) is 0.636. The quantitative estimate of drug-likeness (QED) is 0.188. The Hall–Kier alpha value is -4.13. The lowest BCUT2D eigenvalue weighted by Crippen LogP contribution is -2.46. The Kier molecular flexibility index (Phi) is 6.65. The third kappa shape index (κ3) is 4.96. The lowest BCUT2D eigenvalue weighted by molar-refractivity contribution is -0.137. The van der Waals surface area contributed by atoms with Crippen LogP contribution >= 0.6 is 0 Å². The third-order valence-electron chi connectivity index (χ3n) is 8.96. The van der Waals surface area contributed by atoms with Crippen molar-refractivity contribution >= 4 is 21.7 Å². The Bertz CT molecular complexity index is 1910. The molecule has 0 aliphatic heterocycles. The van der Waals surface area contributed by atoms with E-state index < -0.39 is 43.8 Å². The molecule has 228 valence electrons. The fraction of sp³-hybridized carbons (Fsp3) is 0.355. The number of rotatable bonds is 7. The van der Waals surface area contributed by atoms with E-state index in [4.69, 9.17) is 0 Å². The first-order valence-corrected chi connectivity index (χ1v) is 15.9. The fourth-order valence-electron chi connectivity index (χ4n) is 6.44. The summed E-state index contributed by atoms with van der Waals surface area (Å²) in [5.74, 6) is -0.593. The number of fused-ring (bicyclic) bond motifs is 2. The van der Waals surface area contributed by atoms with Crippen LogP contribution < -0.4 is 0 Å². The normalized spacial score (nSPS) is 21.8. The van der Waals surface area contributed by atoms with E-state index in [-0.39, 0.29) is 36.3 Å². The molecule has 3 heterocycles. The monoisotopic (exact) mass is 625 g/mol. The summed E-state index contributed by atoms with van der Waals surface area (Å²) in [4.78, 5) is 18.4. The number of carbonyl (C=O) groups excluding carboxylic acids is 1. The highest BCUT2D eigenvalue weighted by atomic mass is 32.2. The van der Waals surface area contributed by atoms with Crippen LogP contribution in [0.15, 0.2) is 71.7 Å². The molecule has 0 N–H and O–H groups in total. The second-order valence-corrected chi connectivity index (χ2v) is 14.1. The van der Waals surface area contributed by atoms with Crippen molar-refractivity contribution in [3.05, 3.63) is 95.1 Å². The van der Waals surface area contributed by atoms with E-state index in [9.17, 15) is 30.8 Å². The number of ketones is 1. The zero-order valence-corrected chi connectivity index (χ0v) is 24.2. The maximum absolute atomic E-state index is 14.3. The number of hydrogen-bond acceptors (Lipinski definition) is 6. The molecule has 2 fully saturated rings. The van der Waals surface area contributed by atoms with Crippen molar-refractivity contribution in [2.45, 2.75) is 61.4 Å². The first-order valence-electron chi connectivity index (χ1n) is 14.3. The van der Waals surface area contributed by atoms with Crippen molar-refractivity contribution in [1.29, 1.82) is 0 Å². The van der Waals surface area contributed by atoms with Crippen LogP contribution in [-0.4, -0.2) is 44.0 Å². The van der Waals surface area contributed by atoms with Gasteiger partial charge in [0, 0.05) is 18.9 Å². The van der Waals surface area contributed by atoms with Gasteiger partial charge in [-0.1, -0.05) is 5.57 Å². The minimum Gasteiger partial charge on any atom is -0.291 e. The van der Waals surface area contributed by atoms with Crippen molar-refractivity contribution in [3.63, 3.8) is 0 Å². The highest BCUT2D eigenvalue weighted by molar-refractivity contribution is 7.92. The number of allylic oxidation sites excluding steroid dienone is 1. The van der Waals surface area contributed by atoms with E-state index in [0.717, 1.165) is 31.2 Å². The highest BCUT2D eigenvalue weighted by Crippen LogP contribution is 2.52. The lowest BCUT2D eigenvalue weighted by atomic mass is 9.61. The molecule has 3 aromatic heterocycles. The van der Waals surface area contributed by atoms with Gasteiger partial charge in [-0.25, -0.2) is 17.5 Å². The minimum atomic E-state index is -4.69. The zero-order valence-electron chi connectivity index (χ0n) is 23.3. The van der Waals surface area contributed by atoms with Crippen molar-refractivity contribution in [2.24, 2.45) is 11.3 Å². The maximum Gasteiger partial charge on any atom is 0.416 e. The van der Waals surface area contributed by atoms with Crippen LogP contribution in [0.1, 0.15) is 59.4 Å². The van der Waals surface area contributed by atoms with E-state index in [2.05, 4.69) is 15.2 Å².